The molecule has 0 aliphatic carbocycles. The zero-order valence-electron chi connectivity index (χ0n) is 10.6. The molecule has 1 unspecified atom stereocenters. The number of aromatic nitrogens is 1. The van der Waals surface area contributed by atoms with Gasteiger partial charge in [-0.2, -0.15) is 0 Å². The number of rotatable bonds is 1. The van der Waals surface area contributed by atoms with Gasteiger partial charge >= 0.3 is 5.97 Å². The van der Waals surface area contributed by atoms with E-state index < -0.39 is 0 Å². The average molecular weight is 261 g/mol. The highest BCUT2D eigenvalue weighted by molar-refractivity contribution is 5.96. The van der Waals surface area contributed by atoms with Gasteiger partial charge in [-0.15, -0.1) is 0 Å². The predicted octanol–water partition coefficient (Wildman–Crippen LogP) is 3.49. The number of benzene rings is 2. The van der Waals surface area contributed by atoms with Crippen LogP contribution in [0.3, 0.4) is 0 Å². The van der Waals surface area contributed by atoms with Crippen LogP contribution in [0.4, 0.5) is 0 Å². The monoisotopic (exact) mass is 261 g/mol. The number of cyclic esters (lactones) is 1. The summed E-state index contributed by atoms with van der Waals surface area (Å²) in [5, 5.41) is 1.02. The lowest BCUT2D eigenvalue weighted by atomic mass is 10.0. The van der Waals surface area contributed by atoms with Gasteiger partial charge in [-0.3, -0.25) is 0 Å². The van der Waals surface area contributed by atoms with Crippen molar-refractivity contribution in [1.29, 1.82) is 0 Å². The summed E-state index contributed by atoms with van der Waals surface area (Å²) in [5.74, 6) is -0.348. The fraction of sp³-hybridized carbons (Fsp3) is 0.0588. The Bertz CT molecular complexity index is 812. The summed E-state index contributed by atoms with van der Waals surface area (Å²) in [5.41, 5.74) is 3.06. The molecule has 3 aromatic rings. The molecule has 1 atom stereocenters. The normalized spacial score (nSPS) is 17.0. The summed E-state index contributed by atoms with van der Waals surface area (Å²) >= 11 is 0. The average Bonchev–Trinajstić information content (AvgIpc) is 2.83. The lowest BCUT2D eigenvalue weighted by Crippen LogP contribution is -2.00. The van der Waals surface area contributed by atoms with E-state index in [1.165, 1.54) is 0 Å². The van der Waals surface area contributed by atoms with Crippen molar-refractivity contribution < 1.29 is 9.53 Å². The third kappa shape index (κ3) is 1.60. The Hall–Kier alpha value is -2.68. The molecule has 1 aliphatic heterocycles. The Morgan fingerprint density at radius 1 is 0.950 bits per heavy atom. The Labute approximate surface area is 115 Å². The summed E-state index contributed by atoms with van der Waals surface area (Å²) in [6.45, 7) is 0. The predicted molar refractivity (Wildman–Crippen MR) is 75.4 cm³/mol. The van der Waals surface area contributed by atoms with E-state index in [4.69, 9.17) is 4.74 Å². The van der Waals surface area contributed by atoms with Gasteiger partial charge in [-0.05, 0) is 17.7 Å². The van der Waals surface area contributed by atoms with Crippen LogP contribution < -0.4 is 0 Å². The van der Waals surface area contributed by atoms with Crippen LogP contribution in [0.1, 0.15) is 27.7 Å². The molecule has 1 aliphatic rings. The maximum absolute atomic E-state index is 12.0. The maximum Gasteiger partial charge on any atom is 0.358 e. The molecule has 20 heavy (non-hydrogen) atoms. The van der Waals surface area contributed by atoms with Crippen molar-refractivity contribution in [2.24, 2.45) is 0 Å². The molecule has 0 spiro atoms. The van der Waals surface area contributed by atoms with Crippen LogP contribution in [-0.4, -0.2) is 11.0 Å². The minimum Gasteiger partial charge on any atom is -0.448 e. The number of hydrogen-bond donors (Lipinski definition) is 0. The van der Waals surface area contributed by atoms with Crippen LogP contribution in [0.15, 0.2) is 60.7 Å². The molecule has 3 heteroatoms. The van der Waals surface area contributed by atoms with Crippen molar-refractivity contribution >= 4 is 16.9 Å². The molecule has 0 saturated carbocycles. The van der Waals surface area contributed by atoms with Crippen molar-refractivity contribution in [3.63, 3.8) is 0 Å². The Morgan fingerprint density at radius 2 is 1.70 bits per heavy atom. The first kappa shape index (κ1) is 11.2. The molecule has 0 amide bonds. The molecule has 0 bridgehead atoms. The van der Waals surface area contributed by atoms with E-state index in [2.05, 4.69) is 4.98 Å². The van der Waals surface area contributed by atoms with Crippen molar-refractivity contribution in [3.05, 3.63) is 77.5 Å². The van der Waals surface area contributed by atoms with E-state index >= 15 is 0 Å². The maximum atomic E-state index is 12.0. The number of hydrogen-bond acceptors (Lipinski definition) is 3. The lowest BCUT2D eigenvalue weighted by Gasteiger charge is -2.10. The van der Waals surface area contributed by atoms with Gasteiger partial charge in [0.05, 0.1) is 5.52 Å². The Morgan fingerprint density at radius 3 is 2.55 bits per heavy atom. The first-order valence-corrected chi connectivity index (χ1v) is 6.48. The first-order valence-electron chi connectivity index (χ1n) is 6.48. The lowest BCUT2D eigenvalue weighted by molar-refractivity contribution is 0.0452. The highest BCUT2D eigenvalue weighted by Gasteiger charge is 2.33. The molecule has 0 N–H and O–H groups in total. The number of carbonyl (C=O) groups is 1. The molecular formula is C17H11NO2. The fourth-order valence-electron chi connectivity index (χ4n) is 2.60. The second-order valence-electron chi connectivity index (χ2n) is 4.81. The van der Waals surface area contributed by atoms with Crippen molar-refractivity contribution in [1.82, 2.24) is 4.98 Å². The third-order valence-electron chi connectivity index (χ3n) is 3.56. The SMILES string of the molecule is O=C1OC(c2ccccc2)c2cc3ccccc3nc21. The van der Waals surface area contributed by atoms with Gasteiger partial charge < -0.3 is 4.74 Å². The van der Waals surface area contributed by atoms with Gasteiger partial charge in [0.25, 0.3) is 0 Å². The minimum absolute atomic E-state index is 0.348. The number of ether oxygens (including phenoxy) is 1. The second-order valence-corrected chi connectivity index (χ2v) is 4.81. The minimum atomic E-state index is -0.351. The van der Waals surface area contributed by atoms with E-state index in [-0.39, 0.29) is 12.1 Å². The highest BCUT2D eigenvalue weighted by Crippen LogP contribution is 2.36. The number of carbonyl (C=O) groups excluding carboxylic acids is 1. The van der Waals surface area contributed by atoms with Crippen LogP contribution in [0.5, 0.6) is 0 Å². The van der Waals surface area contributed by atoms with Crippen molar-refractivity contribution in [2.75, 3.05) is 0 Å². The molecule has 2 heterocycles. The van der Waals surface area contributed by atoms with Crippen LogP contribution in [0, 0.1) is 0 Å². The van der Waals surface area contributed by atoms with Crippen LogP contribution >= 0.6 is 0 Å². The number of pyridine rings is 1. The Kier molecular flexibility index (Phi) is 2.33. The zero-order chi connectivity index (χ0) is 13.5. The topological polar surface area (TPSA) is 39.2 Å². The number of fused-ring (bicyclic) bond motifs is 2. The van der Waals surface area contributed by atoms with Crippen molar-refractivity contribution in [2.45, 2.75) is 6.10 Å². The Balaban J connectivity index is 1.94. The number of esters is 1. The summed E-state index contributed by atoms with van der Waals surface area (Å²) in [7, 11) is 0. The summed E-state index contributed by atoms with van der Waals surface area (Å²) in [6.07, 6.45) is -0.351. The highest BCUT2D eigenvalue weighted by atomic mass is 16.5. The van der Waals surface area contributed by atoms with E-state index in [9.17, 15) is 4.79 Å². The number of para-hydroxylation sites is 1. The second kappa shape index (κ2) is 4.17. The van der Waals surface area contributed by atoms with E-state index in [0.717, 1.165) is 22.0 Å². The van der Waals surface area contributed by atoms with E-state index in [1.807, 2.05) is 60.7 Å². The van der Waals surface area contributed by atoms with Crippen LogP contribution in [0.25, 0.3) is 10.9 Å². The van der Waals surface area contributed by atoms with E-state index in [1.54, 1.807) is 0 Å². The first-order chi connectivity index (χ1) is 9.83. The molecule has 96 valence electrons. The van der Waals surface area contributed by atoms with Gasteiger partial charge in [0.15, 0.2) is 11.8 Å². The molecule has 0 radical (unpaired) electrons. The summed E-state index contributed by atoms with van der Waals surface area (Å²) < 4.78 is 5.49. The van der Waals surface area contributed by atoms with E-state index in [0.29, 0.717) is 5.69 Å². The molecule has 4 rings (SSSR count). The van der Waals surface area contributed by atoms with Gasteiger partial charge in [0.1, 0.15) is 0 Å². The van der Waals surface area contributed by atoms with Crippen molar-refractivity contribution in [3.8, 4) is 0 Å². The molecule has 1 aromatic heterocycles. The number of nitrogens with zero attached hydrogens (tertiary/aromatic N) is 1. The molecule has 0 saturated heterocycles. The molecule has 3 nitrogen and oxygen atoms in total. The van der Waals surface area contributed by atoms with Gasteiger partial charge in [0, 0.05) is 10.9 Å². The third-order valence-corrected chi connectivity index (χ3v) is 3.56. The molecule has 2 aromatic carbocycles. The standard InChI is InChI=1S/C17H11NO2/c19-17-15-13(10-12-8-4-5-9-14(12)18-15)16(20-17)11-6-2-1-3-7-11/h1-10,16H. The quantitative estimate of drug-likeness (QED) is 0.629. The smallest absolute Gasteiger partial charge is 0.358 e. The molecular weight excluding hydrogens is 250 g/mol. The summed E-state index contributed by atoms with van der Waals surface area (Å²) in [4.78, 5) is 16.4. The summed E-state index contributed by atoms with van der Waals surface area (Å²) in [6, 6.07) is 19.5. The fourth-order valence-corrected chi connectivity index (χ4v) is 2.60. The zero-order valence-corrected chi connectivity index (χ0v) is 10.6. The largest absolute Gasteiger partial charge is 0.448 e. The van der Waals surface area contributed by atoms with Crippen LogP contribution in [-0.2, 0) is 4.74 Å². The van der Waals surface area contributed by atoms with Gasteiger partial charge in [-0.25, -0.2) is 9.78 Å². The van der Waals surface area contributed by atoms with Crippen LogP contribution in [0.2, 0.25) is 0 Å². The van der Waals surface area contributed by atoms with Gasteiger partial charge in [-0.1, -0.05) is 48.5 Å². The van der Waals surface area contributed by atoms with Gasteiger partial charge in [0.2, 0.25) is 0 Å². The molecule has 0 fully saturated rings.